The summed E-state index contributed by atoms with van der Waals surface area (Å²) in [5, 5.41) is 0. The number of carbonyl (C=O) groups is 1. The summed E-state index contributed by atoms with van der Waals surface area (Å²) in [4.78, 5) is 33.0. The second-order valence-electron chi connectivity index (χ2n) is 9.45. The van der Waals surface area contributed by atoms with Crippen molar-refractivity contribution in [3.63, 3.8) is 0 Å². The van der Waals surface area contributed by atoms with Crippen LogP contribution in [-0.4, -0.2) is 23.4 Å². The van der Waals surface area contributed by atoms with Gasteiger partial charge in [0.25, 0.3) is 5.56 Å². The molecule has 1 unspecified atom stereocenters. The zero-order valence-electron chi connectivity index (χ0n) is 20.9. The molecule has 1 atom stereocenters. The number of allylic oxidation sites excluding steroid dienone is 1. The Labute approximate surface area is 213 Å². The number of carbonyl (C=O) groups excluding carboxylic acids is 1. The van der Waals surface area contributed by atoms with E-state index in [1.54, 1.807) is 30.2 Å². The third kappa shape index (κ3) is 5.07. The zero-order chi connectivity index (χ0) is 25.3. The van der Waals surface area contributed by atoms with E-state index in [1.807, 2.05) is 48.7 Å². The monoisotopic (exact) mass is 506 g/mol. The third-order valence-electron chi connectivity index (χ3n) is 6.02. The maximum Gasteiger partial charge on any atom is 0.338 e. The normalized spacial score (nSPS) is 16.2. The van der Waals surface area contributed by atoms with Crippen LogP contribution in [0.5, 0.6) is 0 Å². The van der Waals surface area contributed by atoms with Gasteiger partial charge in [0.15, 0.2) is 4.80 Å². The lowest BCUT2D eigenvalue weighted by molar-refractivity contribution is -0.139. The summed E-state index contributed by atoms with van der Waals surface area (Å²) in [6.07, 6.45) is 3.91. The highest BCUT2D eigenvalue weighted by Crippen LogP contribution is 2.31. The Morgan fingerprint density at radius 3 is 2.37 bits per heavy atom. The van der Waals surface area contributed by atoms with Crippen molar-refractivity contribution >= 4 is 35.1 Å². The van der Waals surface area contributed by atoms with Crippen LogP contribution in [0, 0.1) is 0 Å². The number of hydrogen-bond donors (Lipinski definition) is 0. The molecule has 4 rings (SSSR count). The van der Waals surface area contributed by atoms with Crippen LogP contribution < -0.4 is 14.9 Å². The Kier molecular flexibility index (Phi) is 7.20. The zero-order valence-corrected chi connectivity index (χ0v) is 22.5. The average molecular weight is 507 g/mol. The summed E-state index contributed by atoms with van der Waals surface area (Å²) in [7, 11) is 0. The molecule has 0 fully saturated rings. The number of thioether (sulfide) groups is 1. The summed E-state index contributed by atoms with van der Waals surface area (Å²) < 4.78 is 7.58. The van der Waals surface area contributed by atoms with Gasteiger partial charge in [0, 0.05) is 4.90 Å². The smallest absolute Gasteiger partial charge is 0.338 e. The fraction of sp³-hybridized carbons (Fsp3) is 0.321. The fourth-order valence-corrected chi connectivity index (χ4v) is 5.58. The summed E-state index contributed by atoms with van der Waals surface area (Å²) >= 11 is 2.98. The molecular weight excluding hydrogens is 476 g/mol. The van der Waals surface area contributed by atoms with E-state index in [0.29, 0.717) is 20.6 Å². The second-order valence-corrected chi connectivity index (χ2v) is 11.3. The largest absolute Gasteiger partial charge is 0.463 e. The minimum atomic E-state index is -0.591. The summed E-state index contributed by atoms with van der Waals surface area (Å²) in [6, 6.07) is 15.6. The lowest BCUT2D eigenvalue weighted by atomic mass is 9.87. The Hall–Kier alpha value is -2.90. The van der Waals surface area contributed by atoms with Crippen molar-refractivity contribution in [2.45, 2.75) is 51.0 Å². The molecule has 2 aromatic carbocycles. The molecular formula is C28H30N2O3S2. The molecule has 0 saturated heterocycles. The van der Waals surface area contributed by atoms with Crippen LogP contribution in [0.4, 0.5) is 0 Å². The van der Waals surface area contributed by atoms with E-state index >= 15 is 0 Å². The molecule has 182 valence electrons. The summed E-state index contributed by atoms with van der Waals surface area (Å²) in [5.74, 6) is -0.445. The number of hydrogen-bond acceptors (Lipinski definition) is 6. The average Bonchev–Trinajstić information content (AvgIpc) is 3.12. The summed E-state index contributed by atoms with van der Waals surface area (Å²) in [6.45, 7) is 10.4. The van der Waals surface area contributed by atoms with Crippen LogP contribution in [-0.2, 0) is 14.9 Å². The van der Waals surface area contributed by atoms with Crippen LogP contribution in [0.2, 0.25) is 0 Å². The van der Waals surface area contributed by atoms with Crippen molar-refractivity contribution < 1.29 is 9.53 Å². The van der Waals surface area contributed by atoms with Crippen molar-refractivity contribution in [3.05, 3.63) is 96.2 Å². The van der Waals surface area contributed by atoms with Gasteiger partial charge < -0.3 is 4.74 Å². The van der Waals surface area contributed by atoms with Crippen molar-refractivity contribution in [1.82, 2.24) is 4.57 Å². The number of esters is 1. The predicted octanol–water partition coefficient (Wildman–Crippen LogP) is 4.82. The van der Waals surface area contributed by atoms with E-state index in [9.17, 15) is 9.59 Å². The van der Waals surface area contributed by atoms with Gasteiger partial charge in [0.2, 0.25) is 0 Å². The molecule has 1 aliphatic rings. The first-order valence-electron chi connectivity index (χ1n) is 11.6. The molecule has 1 aliphatic heterocycles. The lowest BCUT2D eigenvalue weighted by Gasteiger charge is -2.24. The van der Waals surface area contributed by atoms with Crippen molar-refractivity contribution in [3.8, 4) is 0 Å². The highest BCUT2D eigenvalue weighted by atomic mass is 32.2. The first-order valence-corrected chi connectivity index (χ1v) is 13.6. The van der Waals surface area contributed by atoms with E-state index < -0.39 is 12.0 Å². The number of fused-ring (bicyclic) bond motifs is 1. The first-order chi connectivity index (χ1) is 16.6. The minimum Gasteiger partial charge on any atom is -0.463 e. The maximum atomic E-state index is 13.7. The molecule has 0 radical (unpaired) electrons. The Bertz CT molecular complexity index is 1450. The topological polar surface area (TPSA) is 60.7 Å². The van der Waals surface area contributed by atoms with E-state index in [1.165, 1.54) is 16.9 Å². The van der Waals surface area contributed by atoms with Crippen molar-refractivity contribution in [2.75, 3.05) is 12.9 Å². The first kappa shape index (κ1) is 25.2. The number of ether oxygens (including phenoxy) is 1. The van der Waals surface area contributed by atoms with E-state index in [0.717, 1.165) is 16.0 Å². The van der Waals surface area contributed by atoms with Gasteiger partial charge in [-0.1, -0.05) is 68.5 Å². The van der Waals surface area contributed by atoms with Crippen LogP contribution in [0.1, 0.15) is 57.4 Å². The fourth-order valence-electron chi connectivity index (χ4n) is 4.12. The van der Waals surface area contributed by atoms with Gasteiger partial charge in [0.05, 0.1) is 28.5 Å². The van der Waals surface area contributed by atoms with Crippen molar-refractivity contribution in [1.29, 1.82) is 0 Å². The van der Waals surface area contributed by atoms with Gasteiger partial charge in [-0.2, -0.15) is 0 Å². The summed E-state index contributed by atoms with van der Waals surface area (Å²) in [5.41, 5.74) is 3.90. The Morgan fingerprint density at radius 1 is 1.14 bits per heavy atom. The molecule has 0 saturated carbocycles. The molecule has 5 nitrogen and oxygen atoms in total. The molecule has 2 heterocycles. The molecule has 7 heteroatoms. The molecule has 1 aromatic heterocycles. The standard InChI is InChI=1S/C28H30N2O3S2/c1-7-33-26(32)23-17(2)29-27-30(24(23)19-10-14-21(34-6)15-11-19)25(31)22(35-27)16-18-8-12-20(13-9-18)28(3,4)5/h8-16,24H,7H2,1-6H3/b22-16-. The number of benzene rings is 2. The van der Waals surface area contributed by atoms with Gasteiger partial charge in [-0.3, -0.25) is 9.36 Å². The van der Waals surface area contributed by atoms with E-state index in [-0.39, 0.29) is 17.6 Å². The lowest BCUT2D eigenvalue weighted by Crippen LogP contribution is -2.39. The van der Waals surface area contributed by atoms with E-state index in [4.69, 9.17) is 4.74 Å². The maximum absolute atomic E-state index is 13.7. The SMILES string of the molecule is CCOC(=O)C1=C(C)N=c2s/c(=C\c3ccc(C(C)(C)C)cc3)c(=O)n2C1c1ccc(SC)cc1. The van der Waals surface area contributed by atoms with E-state index in [2.05, 4.69) is 37.9 Å². The van der Waals surface area contributed by atoms with Crippen LogP contribution in [0.25, 0.3) is 6.08 Å². The Balaban J connectivity index is 1.88. The van der Waals surface area contributed by atoms with Crippen LogP contribution in [0.3, 0.4) is 0 Å². The highest BCUT2D eigenvalue weighted by molar-refractivity contribution is 7.98. The van der Waals surface area contributed by atoms with Gasteiger partial charge in [-0.15, -0.1) is 11.8 Å². The number of rotatable bonds is 5. The minimum absolute atomic E-state index is 0.0602. The van der Waals surface area contributed by atoms with Crippen molar-refractivity contribution in [2.24, 2.45) is 4.99 Å². The second kappa shape index (κ2) is 9.99. The van der Waals surface area contributed by atoms with Gasteiger partial charge >= 0.3 is 5.97 Å². The van der Waals surface area contributed by atoms with Gasteiger partial charge in [-0.05, 0) is 60.4 Å². The highest BCUT2D eigenvalue weighted by Gasteiger charge is 2.33. The quantitative estimate of drug-likeness (QED) is 0.368. The van der Waals surface area contributed by atoms with Crippen LogP contribution >= 0.6 is 23.1 Å². The number of aromatic nitrogens is 1. The van der Waals surface area contributed by atoms with Gasteiger partial charge in [-0.25, -0.2) is 9.79 Å². The molecule has 0 bridgehead atoms. The molecule has 0 N–H and O–H groups in total. The van der Waals surface area contributed by atoms with Gasteiger partial charge in [0.1, 0.15) is 0 Å². The molecule has 0 spiro atoms. The molecule has 0 amide bonds. The molecule has 0 aliphatic carbocycles. The number of thiazole rings is 1. The Morgan fingerprint density at radius 2 is 1.80 bits per heavy atom. The molecule has 35 heavy (non-hydrogen) atoms. The molecule has 3 aromatic rings. The predicted molar refractivity (Wildman–Crippen MR) is 144 cm³/mol. The number of nitrogens with zero attached hydrogens (tertiary/aromatic N) is 2. The third-order valence-corrected chi connectivity index (χ3v) is 7.75. The van der Waals surface area contributed by atoms with Crippen LogP contribution in [0.15, 0.2) is 74.5 Å².